The summed E-state index contributed by atoms with van der Waals surface area (Å²) in [6.07, 6.45) is 4.32. The van der Waals surface area contributed by atoms with Crippen molar-refractivity contribution in [2.45, 2.75) is 70.9 Å². The van der Waals surface area contributed by atoms with Gasteiger partial charge in [-0.25, -0.2) is 4.79 Å². The molecule has 3 atom stereocenters. The molecule has 0 aromatic heterocycles. The standard InChI is InChI=1S/C19H33N3O5/c1-19(2,13-6-4-3-5-7-13)15(27-18(20)26)17(25)22-14(11-23)10-12-8-9-21-16(12)24/h12-15,23H,3-11H2,1-2H3,(H2,20,26)(H,21,24)(H,22,25)/t12-,14?,15?/m0/s1. The largest absolute Gasteiger partial charge is 0.436 e. The second kappa shape index (κ2) is 9.39. The lowest BCUT2D eigenvalue weighted by Gasteiger charge is -2.41. The highest BCUT2D eigenvalue weighted by molar-refractivity contribution is 5.84. The second-order valence-electron chi connectivity index (χ2n) is 8.37. The lowest BCUT2D eigenvalue weighted by molar-refractivity contribution is -0.140. The van der Waals surface area contributed by atoms with Crippen LogP contribution in [0.3, 0.4) is 0 Å². The Bertz CT molecular complexity index is 545. The zero-order valence-corrected chi connectivity index (χ0v) is 16.3. The van der Waals surface area contributed by atoms with Crippen molar-refractivity contribution >= 4 is 17.9 Å². The number of amides is 3. The number of rotatable bonds is 8. The normalized spacial score (nSPS) is 23.4. The zero-order valence-electron chi connectivity index (χ0n) is 16.3. The molecule has 1 aliphatic heterocycles. The van der Waals surface area contributed by atoms with Gasteiger partial charge in [-0.1, -0.05) is 33.1 Å². The van der Waals surface area contributed by atoms with Crippen molar-refractivity contribution in [3.05, 3.63) is 0 Å². The summed E-state index contributed by atoms with van der Waals surface area (Å²) < 4.78 is 5.23. The molecule has 3 amide bonds. The van der Waals surface area contributed by atoms with Crippen molar-refractivity contribution in [3.8, 4) is 0 Å². The van der Waals surface area contributed by atoms with Crippen molar-refractivity contribution < 1.29 is 24.2 Å². The highest BCUT2D eigenvalue weighted by Gasteiger charge is 2.44. The second-order valence-corrected chi connectivity index (χ2v) is 8.37. The molecule has 0 spiro atoms. The predicted molar refractivity (Wildman–Crippen MR) is 99.6 cm³/mol. The number of ether oxygens (including phenoxy) is 1. The summed E-state index contributed by atoms with van der Waals surface area (Å²) in [5.74, 6) is -0.518. The minimum Gasteiger partial charge on any atom is -0.436 e. The van der Waals surface area contributed by atoms with Crippen LogP contribution in [0.1, 0.15) is 58.8 Å². The molecule has 1 aliphatic carbocycles. The number of nitrogens with one attached hydrogen (secondary N) is 2. The van der Waals surface area contributed by atoms with Crippen molar-refractivity contribution in [2.24, 2.45) is 23.0 Å². The summed E-state index contributed by atoms with van der Waals surface area (Å²) in [4.78, 5) is 36.1. The molecule has 0 aromatic carbocycles. The molecule has 2 aliphatic rings. The average Bonchev–Trinajstić information content (AvgIpc) is 3.04. The first-order chi connectivity index (χ1) is 12.8. The summed E-state index contributed by atoms with van der Waals surface area (Å²) in [6.45, 7) is 4.17. The minimum absolute atomic E-state index is 0.0600. The molecule has 2 unspecified atom stereocenters. The Morgan fingerprint density at radius 3 is 2.48 bits per heavy atom. The maximum absolute atomic E-state index is 12.9. The molecular weight excluding hydrogens is 350 g/mol. The smallest absolute Gasteiger partial charge is 0.405 e. The molecule has 8 heteroatoms. The molecule has 0 bridgehead atoms. The molecule has 1 heterocycles. The Kier molecular flexibility index (Phi) is 7.47. The van der Waals surface area contributed by atoms with Crippen LogP contribution in [0.15, 0.2) is 0 Å². The summed E-state index contributed by atoms with van der Waals surface area (Å²) >= 11 is 0. The Balaban J connectivity index is 2.07. The van der Waals surface area contributed by atoms with Crippen LogP contribution in [-0.4, -0.2) is 48.3 Å². The number of primary amides is 1. The Morgan fingerprint density at radius 2 is 1.96 bits per heavy atom. The van der Waals surface area contributed by atoms with E-state index < -0.39 is 29.6 Å². The van der Waals surface area contributed by atoms with Crippen molar-refractivity contribution in [1.82, 2.24) is 10.6 Å². The van der Waals surface area contributed by atoms with E-state index in [0.717, 1.165) is 25.7 Å². The van der Waals surface area contributed by atoms with Gasteiger partial charge in [-0.3, -0.25) is 9.59 Å². The topological polar surface area (TPSA) is 131 Å². The van der Waals surface area contributed by atoms with Gasteiger partial charge in [0.05, 0.1) is 12.6 Å². The van der Waals surface area contributed by atoms with E-state index in [1.807, 2.05) is 13.8 Å². The fraction of sp³-hybridized carbons (Fsp3) is 0.842. The molecule has 2 rings (SSSR count). The average molecular weight is 383 g/mol. The lowest BCUT2D eigenvalue weighted by atomic mass is 9.67. The predicted octanol–water partition coefficient (Wildman–Crippen LogP) is 1.06. The quantitative estimate of drug-likeness (QED) is 0.498. The third kappa shape index (κ3) is 5.57. The molecule has 27 heavy (non-hydrogen) atoms. The first kappa shape index (κ1) is 21.5. The maximum Gasteiger partial charge on any atom is 0.405 e. The van der Waals surface area contributed by atoms with Crippen LogP contribution >= 0.6 is 0 Å². The first-order valence-electron chi connectivity index (χ1n) is 9.90. The Labute approximate surface area is 160 Å². The van der Waals surface area contributed by atoms with Gasteiger partial charge in [-0.05, 0) is 31.6 Å². The SMILES string of the molecule is CC(C)(C1CCCCC1)C(OC(N)=O)C(=O)NC(CO)C[C@@H]1CCNC1=O. The van der Waals surface area contributed by atoms with Crippen LogP contribution in [-0.2, 0) is 14.3 Å². The molecule has 0 radical (unpaired) electrons. The zero-order chi connectivity index (χ0) is 20.0. The third-order valence-electron chi connectivity index (χ3n) is 6.10. The van der Waals surface area contributed by atoms with Crippen LogP contribution in [0.2, 0.25) is 0 Å². The highest BCUT2D eigenvalue weighted by atomic mass is 16.6. The molecule has 1 saturated heterocycles. The van der Waals surface area contributed by atoms with Crippen molar-refractivity contribution in [2.75, 3.05) is 13.2 Å². The van der Waals surface area contributed by atoms with Crippen LogP contribution in [0.25, 0.3) is 0 Å². The van der Waals surface area contributed by atoms with E-state index in [-0.39, 0.29) is 24.3 Å². The summed E-state index contributed by atoms with van der Waals surface area (Å²) in [6, 6.07) is -0.576. The molecule has 8 nitrogen and oxygen atoms in total. The lowest BCUT2D eigenvalue weighted by Crippen LogP contribution is -2.53. The molecule has 1 saturated carbocycles. The number of aliphatic hydroxyl groups is 1. The van der Waals surface area contributed by atoms with Crippen LogP contribution < -0.4 is 16.4 Å². The van der Waals surface area contributed by atoms with E-state index in [4.69, 9.17) is 10.5 Å². The van der Waals surface area contributed by atoms with Gasteiger partial charge >= 0.3 is 6.09 Å². The number of hydrogen-bond donors (Lipinski definition) is 4. The van der Waals surface area contributed by atoms with Crippen molar-refractivity contribution in [1.29, 1.82) is 0 Å². The number of hydrogen-bond acceptors (Lipinski definition) is 5. The summed E-state index contributed by atoms with van der Waals surface area (Å²) in [5, 5.41) is 15.2. The van der Waals surface area contributed by atoms with Gasteiger partial charge in [-0.2, -0.15) is 0 Å². The van der Waals surface area contributed by atoms with Crippen LogP contribution in [0.4, 0.5) is 4.79 Å². The molecule has 5 N–H and O–H groups in total. The van der Waals surface area contributed by atoms with Crippen LogP contribution in [0.5, 0.6) is 0 Å². The van der Waals surface area contributed by atoms with Crippen molar-refractivity contribution in [3.63, 3.8) is 0 Å². The number of carbonyl (C=O) groups is 3. The Morgan fingerprint density at radius 1 is 1.30 bits per heavy atom. The number of carbonyl (C=O) groups excluding carboxylic acids is 3. The van der Waals surface area contributed by atoms with E-state index in [1.54, 1.807) is 0 Å². The monoisotopic (exact) mass is 383 g/mol. The maximum atomic E-state index is 12.9. The van der Waals surface area contributed by atoms with E-state index in [2.05, 4.69) is 10.6 Å². The molecular formula is C19H33N3O5. The van der Waals surface area contributed by atoms with E-state index >= 15 is 0 Å². The van der Waals surface area contributed by atoms with E-state index in [1.165, 1.54) is 6.42 Å². The Hall–Kier alpha value is -1.83. The van der Waals surface area contributed by atoms with Gasteiger partial charge < -0.3 is 26.2 Å². The number of nitrogens with two attached hydrogens (primary N) is 1. The van der Waals surface area contributed by atoms with Gasteiger partial charge in [0.15, 0.2) is 6.10 Å². The van der Waals surface area contributed by atoms with Gasteiger partial charge in [0.1, 0.15) is 0 Å². The van der Waals surface area contributed by atoms with Crippen LogP contribution in [0, 0.1) is 17.3 Å². The van der Waals surface area contributed by atoms with Gasteiger partial charge in [0.2, 0.25) is 5.91 Å². The summed E-state index contributed by atoms with van der Waals surface area (Å²) in [5.41, 5.74) is 4.65. The fourth-order valence-electron chi connectivity index (χ4n) is 4.39. The number of aliphatic hydroxyl groups excluding tert-OH is 1. The molecule has 0 aromatic rings. The van der Waals surface area contributed by atoms with E-state index in [0.29, 0.717) is 19.4 Å². The minimum atomic E-state index is -1.04. The molecule has 154 valence electrons. The molecule has 2 fully saturated rings. The van der Waals surface area contributed by atoms with Gasteiger partial charge in [0, 0.05) is 17.9 Å². The van der Waals surface area contributed by atoms with Gasteiger partial charge in [0.25, 0.3) is 5.91 Å². The third-order valence-corrected chi connectivity index (χ3v) is 6.10. The first-order valence-corrected chi connectivity index (χ1v) is 9.90. The van der Waals surface area contributed by atoms with E-state index in [9.17, 15) is 19.5 Å². The van der Waals surface area contributed by atoms with Gasteiger partial charge in [-0.15, -0.1) is 0 Å². The highest BCUT2D eigenvalue weighted by Crippen LogP contribution is 2.41. The summed E-state index contributed by atoms with van der Waals surface area (Å²) in [7, 11) is 0. The fourth-order valence-corrected chi connectivity index (χ4v) is 4.39.